The number of nitrogens with zero attached hydrogens (tertiary/aromatic N) is 1. The Morgan fingerprint density at radius 1 is 0.844 bits per heavy atom. The van der Waals surface area contributed by atoms with Gasteiger partial charge >= 0.3 is 0 Å². The molecule has 0 atom stereocenters. The van der Waals surface area contributed by atoms with Crippen LogP contribution in [0.25, 0.3) is 11.1 Å². The average Bonchev–Trinajstić information content (AvgIpc) is 2.79. The molecule has 0 aliphatic heterocycles. The fourth-order valence-corrected chi connectivity index (χ4v) is 3.63. The van der Waals surface area contributed by atoms with Crippen molar-refractivity contribution in [3.8, 4) is 5.75 Å². The largest absolute Gasteiger partial charge is 0.492 e. The van der Waals surface area contributed by atoms with Gasteiger partial charge in [0.15, 0.2) is 0 Å². The fraction of sp³-hybridized carbons (Fsp3) is 0.259. The second kappa shape index (κ2) is 13.3. The quantitative estimate of drug-likeness (QED) is 0.345. The molecule has 5 heteroatoms. The van der Waals surface area contributed by atoms with Crippen LogP contribution < -0.4 is 4.74 Å². The standard InChI is InChI=1S/C27H30ClNO2.ClH/c1-29(2)18-20-31-25-16-12-23(13-17-25)27(22-10-14-24(28)15-11-22)26(9-6-19-30)21-7-4-3-5-8-21;/h3-5,7-8,10-17,30H,6,9,18-20H2,1-2H3;1H/b27-26-;. The zero-order chi connectivity index (χ0) is 22.1. The van der Waals surface area contributed by atoms with Crippen molar-refractivity contribution in [1.82, 2.24) is 4.90 Å². The summed E-state index contributed by atoms with van der Waals surface area (Å²) in [4.78, 5) is 2.10. The van der Waals surface area contributed by atoms with E-state index in [1.54, 1.807) is 0 Å². The molecule has 0 saturated heterocycles. The molecule has 0 heterocycles. The van der Waals surface area contributed by atoms with Crippen molar-refractivity contribution in [2.24, 2.45) is 0 Å². The third kappa shape index (κ3) is 7.39. The molecule has 0 radical (unpaired) electrons. The van der Waals surface area contributed by atoms with Gasteiger partial charge < -0.3 is 14.7 Å². The number of hydrogen-bond donors (Lipinski definition) is 1. The topological polar surface area (TPSA) is 32.7 Å². The summed E-state index contributed by atoms with van der Waals surface area (Å²) in [7, 11) is 4.07. The summed E-state index contributed by atoms with van der Waals surface area (Å²) in [6, 6.07) is 26.6. The average molecular weight is 472 g/mol. The number of aliphatic hydroxyl groups excluding tert-OH is 1. The van der Waals surface area contributed by atoms with Crippen molar-refractivity contribution >= 4 is 35.2 Å². The predicted octanol–water partition coefficient (Wildman–Crippen LogP) is 6.43. The highest BCUT2D eigenvalue weighted by Crippen LogP contribution is 2.36. The van der Waals surface area contributed by atoms with E-state index in [0.717, 1.165) is 41.0 Å². The highest BCUT2D eigenvalue weighted by atomic mass is 35.5. The van der Waals surface area contributed by atoms with Crippen molar-refractivity contribution in [1.29, 1.82) is 0 Å². The van der Waals surface area contributed by atoms with Crippen LogP contribution in [-0.2, 0) is 0 Å². The Bertz CT molecular complexity index is 969. The second-order valence-corrected chi connectivity index (χ2v) is 8.17. The Morgan fingerprint density at radius 2 is 1.44 bits per heavy atom. The Kier molecular flexibility index (Phi) is 10.8. The van der Waals surface area contributed by atoms with E-state index in [2.05, 4.69) is 53.4 Å². The van der Waals surface area contributed by atoms with Crippen molar-refractivity contribution in [2.45, 2.75) is 12.8 Å². The number of aliphatic hydroxyl groups is 1. The molecule has 0 aliphatic rings. The molecule has 0 fully saturated rings. The van der Waals surface area contributed by atoms with Gasteiger partial charge in [0.25, 0.3) is 0 Å². The third-order valence-electron chi connectivity index (χ3n) is 5.09. The maximum absolute atomic E-state index is 9.52. The van der Waals surface area contributed by atoms with Gasteiger partial charge in [0, 0.05) is 18.2 Å². The van der Waals surface area contributed by atoms with Gasteiger partial charge in [0.1, 0.15) is 12.4 Å². The molecular weight excluding hydrogens is 441 g/mol. The van der Waals surface area contributed by atoms with E-state index in [-0.39, 0.29) is 19.0 Å². The van der Waals surface area contributed by atoms with Crippen LogP contribution in [0.4, 0.5) is 0 Å². The molecule has 3 aromatic rings. The van der Waals surface area contributed by atoms with Gasteiger partial charge in [-0.25, -0.2) is 0 Å². The minimum absolute atomic E-state index is 0. The smallest absolute Gasteiger partial charge is 0.119 e. The first-order valence-electron chi connectivity index (χ1n) is 10.6. The van der Waals surface area contributed by atoms with E-state index < -0.39 is 0 Å². The minimum atomic E-state index is 0. The minimum Gasteiger partial charge on any atom is -0.492 e. The number of rotatable bonds is 10. The summed E-state index contributed by atoms with van der Waals surface area (Å²) in [5, 5.41) is 10.2. The van der Waals surface area contributed by atoms with Gasteiger partial charge in [-0.15, -0.1) is 12.4 Å². The molecule has 1 N–H and O–H groups in total. The summed E-state index contributed by atoms with van der Waals surface area (Å²) in [5.74, 6) is 0.859. The lowest BCUT2D eigenvalue weighted by atomic mass is 9.87. The van der Waals surface area contributed by atoms with Crippen LogP contribution in [0.2, 0.25) is 5.02 Å². The van der Waals surface area contributed by atoms with Gasteiger partial charge in [0.2, 0.25) is 0 Å². The van der Waals surface area contributed by atoms with Crippen LogP contribution >= 0.6 is 24.0 Å². The fourth-order valence-electron chi connectivity index (χ4n) is 3.50. The Labute approximate surface area is 202 Å². The Hall–Kier alpha value is -2.30. The summed E-state index contributed by atoms with van der Waals surface area (Å²) in [5.41, 5.74) is 5.73. The van der Waals surface area contributed by atoms with Crippen molar-refractivity contribution < 1.29 is 9.84 Å². The molecule has 3 rings (SSSR count). The molecule has 0 saturated carbocycles. The molecule has 0 aromatic heterocycles. The number of ether oxygens (including phenoxy) is 1. The summed E-state index contributed by atoms with van der Waals surface area (Å²) in [6.07, 6.45) is 1.48. The Morgan fingerprint density at radius 3 is 2.00 bits per heavy atom. The van der Waals surface area contributed by atoms with E-state index in [0.29, 0.717) is 18.1 Å². The van der Waals surface area contributed by atoms with Crippen LogP contribution in [0.5, 0.6) is 5.75 Å². The first-order valence-corrected chi connectivity index (χ1v) is 11.0. The van der Waals surface area contributed by atoms with Gasteiger partial charge in [0.05, 0.1) is 0 Å². The summed E-state index contributed by atoms with van der Waals surface area (Å²) >= 11 is 6.16. The monoisotopic (exact) mass is 471 g/mol. The molecule has 3 aromatic carbocycles. The normalized spacial score (nSPS) is 11.7. The number of hydrogen-bond acceptors (Lipinski definition) is 3. The van der Waals surface area contributed by atoms with E-state index in [9.17, 15) is 5.11 Å². The van der Waals surface area contributed by atoms with Gasteiger partial charge in [-0.2, -0.15) is 0 Å². The molecule has 0 aliphatic carbocycles. The maximum Gasteiger partial charge on any atom is 0.119 e. The lowest BCUT2D eigenvalue weighted by Crippen LogP contribution is -2.19. The highest BCUT2D eigenvalue weighted by Gasteiger charge is 2.14. The highest BCUT2D eigenvalue weighted by molar-refractivity contribution is 6.30. The van der Waals surface area contributed by atoms with E-state index in [1.165, 1.54) is 5.57 Å². The molecule has 170 valence electrons. The summed E-state index contributed by atoms with van der Waals surface area (Å²) < 4.78 is 5.87. The molecule has 0 spiro atoms. The maximum atomic E-state index is 9.52. The SMILES string of the molecule is CN(C)CCOc1ccc(/C(=C(/CCCO)c2ccccc2)c2ccc(Cl)cc2)cc1.Cl. The lowest BCUT2D eigenvalue weighted by molar-refractivity contribution is 0.261. The number of allylic oxidation sites excluding steroid dienone is 1. The predicted molar refractivity (Wildman–Crippen MR) is 138 cm³/mol. The molecule has 0 unspecified atom stereocenters. The third-order valence-corrected chi connectivity index (χ3v) is 5.34. The molecule has 0 amide bonds. The van der Waals surface area contributed by atoms with Crippen LogP contribution in [0.3, 0.4) is 0 Å². The van der Waals surface area contributed by atoms with Crippen molar-refractivity contribution in [3.63, 3.8) is 0 Å². The van der Waals surface area contributed by atoms with Crippen LogP contribution in [0.1, 0.15) is 29.5 Å². The van der Waals surface area contributed by atoms with Crippen LogP contribution in [0.15, 0.2) is 78.9 Å². The Balaban J connectivity index is 0.00000363. The number of halogens is 2. The van der Waals surface area contributed by atoms with Crippen LogP contribution in [-0.4, -0.2) is 43.9 Å². The first kappa shape index (κ1) is 26.0. The van der Waals surface area contributed by atoms with E-state index >= 15 is 0 Å². The zero-order valence-corrected chi connectivity index (χ0v) is 20.2. The molecule has 32 heavy (non-hydrogen) atoms. The second-order valence-electron chi connectivity index (χ2n) is 7.73. The molecule has 0 bridgehead atoms. The lowest BCUT2D eigenvalue weighted by Gasteiger charge is -2.18. The summed E-state index contributed by atoms with van der Waals surface area (Å²) in [6.45, 7) is 1.68. The number of likely N-dealkylation sites (N-methyl/N-ethyl adjacent to an activating group) is 1. The van der Waals surface area contributed by atoms with E-state index in [4.69, 9.17) is 16.3 Å². The molecular formula is C27H31Cl2NO2. The first-order chi connectivity index (χ1) is 15.1. The van der Waals surface area contributed by atoms with Gasteiger partial charge in [-0.3, -0.25) is 0 Å². The van der Waals surface area contributed by atoms with Gasteiger partial charge in [-0.05, 0) is 79.0 Å². The van der Waals surface area contributed by atoms with Crippen molar-refractivity contribution in [3.05, 3.63) is 101 Å². The van der Waals surface area contributed by atoms with Crippen LogP contribution in [0, 0.1) is 0 Å². The van der Waals surface area contributed by atoms with Crippen molar-refractivity contribution in [2.75, 3.05) is 33.9 Å². The van der Waals surface area contributed by atoms with E-state index in [1.807, 2.05) is 44.4 Å². The molecule has 3 nitrogen and oxygen atoms in total. The zero-order valence-electron chi connectivity index (χ0n) is 18.6. The van der Waals surface area contributed by atoms with Gasteiger partial charge in [-0.1, -0.05) is 66.2 Å². The number of benzene rings is 3.